The number of hydrogen-bond donors (Lipinski definition) is 14. The molecule has 14 amide bonds. The zero-order valence-electron chi connectivity index (χ0n) is 69.6. The topological polar surface area (TPSA) is 475 Å². The summed E-state index contributed by atoms with van der Waals surface area (Å²) in [6.45, 7) is 9.57. The number of rotatable bonds is 46. The van der Waals surface area contributed by atoms with Gasteiger partial charge in [0.15, 0.2) is 0 Å². The zero-order valence-corrected chi connectivity index (χ0v) is 70.4. The molecule has 33 nitrogen and oxygen atoms in total. The van der Waals surface area contributed by atoms with Crippen molar-refractivity contribution in [1.29, 1.82) is 0 Å². The molecule has 0 unspecified atom stereocenters. The third kappa shape index (κ3) is 30.6. The number of hydrogen-bond acceptors (Lipinski definition) is 19. The smallest absolute Gasteiger partial charge is 0.272 e. The number of fused-ring (bicyclic) bond motifs is 1. The van der Waals surface area contributed by atoms with Crippen molar-refractivity contribution in [1.82, 2.24) is 83.2 Å². The molecular weight excluding hydrogens is 1580 g/mol. The molecule has 8 rings (SSSR count). The number of likely N-dealkylation sites (tertiary alicyclic amines) is 1. The predicted octanol–water partition coefficient (Wildman–Crippen LogP) is 3.35. The highest BCUT2D eigenvalue weighted by Crippen LogP contribution is 2.23. The van der Waals surface area contributed by atoms with Crippen LogP contribution >= 0.6 is 11.6 Å². The summed E-state index contributed by atoms with van der Waals surface area (Å²) in [6, 6.07) is 24.6. The van der Waals surface area contributed by atoms with Crippen molar-refractivity contribution in [3.8, 4) is 0 Å². The quantitative estimate of drug-likeness (QED) is 0.0243. The first-order valence-corrected chi connectivity index (χ1v) is 41.3. The third-order valence-corrected chi connectivity index (χ3v) is 20.5. The molecule has 3 aromatic heterocycles. The number of halogens is 1. The zero-order chi connectivity index (χ0) is 88.4. The molecule has 7 aromatic rings. The van der Waals surface area contributed by atoms with Crippen molar-refractivity contribution in [3.63, 3.8) is 0 Å². The Morgan fingerprint density at radius 2 is 1.03 bits per heavy atom. The largest absolute Gasteiger partial charge is 0.394 e. The van der Waals surface area contributed by atoms with Gasteiger partial charge in [-0.05, 0) is 165 Å². The van der Waals surface area contributed by atoms with Crippen molar-refractivity contribution < 1.29 is 72.2 Å². The lowest BCUT2D eigenvalue weighted by Gasteiger charge is -2.31. The molecule has 0 aliphatic carbocycles. The second-order valence-electron chi connectivity index (χ2n) is 31.0. The highest BCUT2D eigenvalue weighted by Gasteiger charge is 2.41. The third-order valence-electron chi connectivity index (χ3n) is 20.3. The summed E-state index contributed by atoms with van der Waals surface area (Å²) in [5.74, 6) is -10.8. The minimum absolute atomic E-state index is 0.00115. The van der Waals surface area contributed by atoms with E-state index in [9.17, 15) is 48.3 Å². The monoisotopic (exact) mass is 1690 g/mol. The second-order valence-corrected chi connectivity index (χ2v) is 31.4. The van der Waals surface area contributed by atoms with Gasteiger partial charge in [0, 0.05) is 94.3 Å². The van der Waals surface area contributed by atoms with Crippen molar-refractivity contribution in [2.75, 3.05) is 45.2 Å². The number of carbonyl (C=O) groups is 14. The van der Waals surface area contributed by atoms with Crippen LogP contribution in [0, 0.1) is 5.92 Å². The van der Waals surface area contributed by atoms with E-state index < -0.39 is 150 Å². The summed E-state index contributed by atoms with van der Waals surface area (Å²) < 4.78 is 0. The first-order valence-electron chi connectivity index (χ1n) is 40.9. The molecule has 1 fully saturated rings. The Morgan fingerprint density at radius 1 is 0.525 bits per heavy atom. The molecule has 4 aromatic carbocycles. The molecule has 10 atom stereocenters. The van der Waals surface area contributed by atoms with E-state index in [1.807, 2.05) is 56.3 Å². The van der Waals surface area contributed by atoms with Gasteiger partial charge in [-0.3, -0.25) is 82.1 Å². The van der Waals surface area contributed by atoms with Crippen LogP contribution in [0.3, 0.4) is 0 Å². The molecule has 0 bridgehead atoms. The summed E-state index contributed by atoms with van der Waals surface area (Å²) in [7, 11) is 1.43. The fourth-order valence-electron chi connectivity index (χ4n) is 13.8. The molecule has 4 heterocycles. The van der Waals surface area contributed by atoms with Gasteiger partial charge in [-0.15, -0.1) is 0 Å². The minimum atomic E-state index is -1.90. The van der Waals surface area contributed by atoms with E-state index in [1.165, 1.54) is 91.9 Å². The van der Waals surface area contributed by atoms with Gasteiger partial charge < -0.3 is 84.4 Å². The van der Waals surface area contributed by atoms with E-state index in [4.69, 9.17) is 17.3 Å². The van der Waals surface area contributed by atoms with Gasteiger partial charge in [0.25, 0.3) is 11.8 Å². The molecule has 34 heteroatoms. The number of nitrogens with two attached hydrogens (primary N) is 1. The van der Waals surface area contributed by atoms with Gasteiger partial charge >= 0.3 is 0 Å². The van der Waals surface area contributed by atoms with Crippen LogP contribution < -0.4 is 69.5 Å². The van der Waals surface area contributed by atoms with E-state index in [2.05, 4.69) is 78.8 Å². The average Bonchev–Trinajstić information content (AvgIpc) is 1.70. The normalized spacial score (nSPS) is 14.6. The van der Waals surface area contributed by atoms with Gasteiger partial charge in [-0.2, -0.15) is 0 Å². The summed E-state index contributed by atoms with van der Waals surface area (Å²) in [4.78, 5) is 213. The Morgan fingerprint density at radius 3 is 1.61 bits per heavy atom. The molecule has 1 aliphatic rings. The van der Waals surface area contributed by atoms with E-state index >= 15 is 24.0 Å². The maximum atomic E-state index is 15.5. The number of carbonyl (C=O) groups excluding carboxylic acids is 14. The standard InChI is InChI=1S/C88H111ClN18O15/c1-53(2)44-69(80(114)100-68(26-13-14-39-92-54(3)4)88(122)107-43-19-27-75(107)86(120)96-55(5)77(90)111)101-79(113)66(24-11-17-42-95-78(112)65-23-10-15-40-93-65)99-82(116)71(47-58-31-36-64(37-32-58)98-76(110)51-106(7)87(121)67-25-12-16-41-94-67)104-85(119)74(52-108)105-84(118)73(49-60-20-18-38-91-50-60)103-83(117)72(46-57-29-34-63(89)35-30-57)102-81(115)70(97-56(6)109)48-59-28-33-61-21-8-9-22-62(61)45-59/h8-10,12,15-16,18,20-23,25,28-38,40-41,45,50,53-55,66,68-75,92,108H,11,13-14,17,19,24,26-27,39,42-44,46-49,51-52H2,1-7H3,(H2,90,111)(H,95,112)(H,96,120)(H,97,109)(H,98,110)(H,99,116)(H,100,114)(H,101,113)(H,102,115)(H,103,117)(H,104,119)(H,105,118)/t55-,66-,68+,69+,70-,71+,72-,73-,74+,75+/m1/s1. The van der Waals surface area contributed by atoms with Gasteiger partial charge in [-0.25, -0.2) is 0 Å². The predicted molar refractivity (Wildman–Crippen MR) is 457 cm³/mol. The maximum Gasteiger partial charge on any atom is 0.272 e. The maximum absolute atomic E-state index is 15.5. The highest BCUT2D eigenvalue weighted by molar-refractivity contribution is 6.30. The summed E-state index contributed by atoms with van der Waals surface area (Å²) in [5.41, 5.74) is 7.97. The Balaban J connectivity index is 1.09. The number of anilines is 1. The highest BCUT2D eigenvalue weighted by atomic mass is 35.5. The molecular formula is C88H111ClN18O15. The van der Waals surface area contributed by atoms with E-state index in [0.29, 0.717) is 53.1 Å². The van der Waals surface area contributed by atoms with Crippen molar-refractivity contribution in [2.24, 2.45) is 11.7 Å². The molecule has 122 heavy (non-hydrogen) atoms. The SMILES string of the molecule is CC(=O)N[C@H](Cc1ccc2ccccc2c1)C(=O)N[C@H](Cc1ccc(Cl)cc1)C(=O)N[C@H](Cc1cccnc1)C(=O)N[C@@H](CO)C(=O)N[C@@H](Cc1ccc(NC(=O)CN(C)C(=O)c2ccccn2)cc1)C(=O)N[C@H](CCCCNC(=O)c1ccccn1)C(=O)N[C@@H](CC(C)C)C(=O)N[C@@H](CCCCNC(C)C)C(=O)N1CCC[C@H]1C(=O)N[C@H](C)C(N)=O. The molecule has 0 spiro atoms. The first-order chi connectivity index (χ1) is 58.4. The van der Waals surface area contributed by atoms with Gasteiger partial charge in [0.05, 0.1) is 13.2 Å². The number of likely N-dealkylation sites (N-methyl/N-ethyl adjacent to an activating group) is 1. The first kappa shape index (κ1) is 94.9. The van der Waals surface area contributed by atoms with Gasteiger partial charge in [0.2, 0.25) is 70.9 Å². The Kier molecular flexibility index (Phi) is 37.3. The Hall–Kier alpha value is -12.6. The minimum Gasteiger partial charge on any atom is -0.394 e. The number of nitrogens with zero attached hydrogens (tertiary/aromatic N) is 5. The second kappa shape index (κ2) is 48.0. The number of primary amides is 1. The van der Waals surface area contributed by atoms with Crippen molar-refractivity contribution in [3.05, 3.63) is 203 Å². The lowest BCUT2D eigenvalue weighted by Crippen LogP contribution is -2.61. The Labute approximate surface area is 713 Å². The lowest BCUT2D eigenvalue weighted by molar-refractivity contribution is -0.142. The number of pyridine rings is 3. The van der Waals surface area contributed by atoms with E-state index in [0.717, 1.165) is 10.8 Å². The fraction of sp³-hybridized carbons (Fsp3) is 0.420. The van der Waals surface area contributed by atoms with Crippen molar-refractivity contribution in [2.45, 2.75) is 191 Å². The summed E-state index contributed by atoms with van der Waals surface area (Å²) in [6.07, 6.45) is 7.06. The molecule has 1 saturated heterocycles. The number of unbranched alkanes of at least 4 members (excludes halogenated alkanes) is 2. The molecule has 1 aliphatic heterocycles. The van der Waals surface area contributed by atoms with Gasteiger partial charge in [-0.1, -0.05) is 124 Å². The number of aromatic nitrogens is 3. The molecule has 0 radical (unpaired) electrons. The van der Waals surface area contributed by atoms with Crippen LogP contribution in [-0.4, -0.2) is 219 Å². The lowest BCUT2D eigenvalue weighted by atomic mass is 9.99. The summed E-state index contributed by atoms with van der Waals surface area (Å²) in [5, 5.41) is 46.8. The van der Waals surface area contributed by atoms with Crippen LogP contribution in [0.2, 0.25) is 5.02 Å². The number of benzene rings is 4. The van der Waals surface area contributed by atoms with Crippen LogP contribution in [-0.2, 0) is 83.2 Å². The van der Waals surface area contributed by atoms with Crippen LogP contribution in [0.4, 0.5) is 5.69 Å². The molecule has 0 saturated carbocycles. The van der Waals surface area contributed by atoms with Crippen LogP contribution in [0.1, 0.15) is 143 Å². The van der Waals surface area contributed by atoms with E-state index in [1.54, 1.807) is 74.5 Å². The number of aliphatic hydroxyl groups excluding tert-OH is 1. The Bertz CT molecular complexity index is 4730. The van der Waals surface area contributed by atoms with Crippen molar-refractivity contribution >= 4 is 111 Å². The number of amides is 14. The molecule has 15 N–H and O–H groups in total. The number of nitrogens with one attached hydrogen (secondary N) is 12. The van der Waals surface area contributed by atoms with Crippen LogP contribution in [0.15, 0.2) is 164 Å². The summed E-state index contributed by atoms with van der Waals surface area (Å²) >= 11 is 6.29. The van der Waals surface area contributed by atoms with E-state index in [-0.39, 0.29) is 113 Å². The fourth-order valence-corrected chi connectivity index (χ4v) is 13.9. The van der Waals surface area contributed by atoms with Crippen LogP contribution in [0.5, 0.6) is 0 Å². The average molecular weight is 1700 g/mol. The number of aliphatic hydroxyl groups is 1. The van der Waals surface area contributed by atoms with Crippen LogP contribution in [0.25, 0.3) is 10.8 Å². The molecule has 650 valence electrons. The van der Waals surface area contributed by atoms with Gasteiger partial charge in [0.1, 0.15) is 71.8 Å².